The third-order valence-corrected chi connectivity index (χ3v) is 4.95. The van der Waals surface area contributed by atoms with Gasteiger partial charge < -0.3 is 19.9 Å². The molecule has 0 saturated heterocycles. The molecule has 3 rings (SSSR count). The van der Waals surface area contributed by atoms with Crippen LogP contribution in [0.25, 0.3) is 0 Å². The predicted octanol–water partition coefficient (Wildman–Crippen LogP) is 3.32. The maximum Gasteiger partial charge on any atom is 0.387 e. The third kappa shape index (κ3) is 4.52. The number of alkyl halides is 2. The number of allylic oxidation sites excluding steroid dienone is 1. The summed E-state index contributed by atoms with van der Waals surface area (Å²) < 4.78 is 53.8. The molecule has 1 aliphatic heterocycles. The summed E-state index contributed by atoms with van der Waals surface area (Å²) in [6.45, 7) is -3.26. The fraction of sp³-hybridized carbons (Fsp3) is 0.174. The van der Waals surface area contributed by atoms with Crippen LogP contribution in [0.15, 0.2) is 71.2 Å². The molecule has 1 unspecified atom stereocenters. The van der Waals surface area contributed by atoms with E-state index in [1.165, 1.54) is 0 Å². The van der Waals surface area contributed by atoms with Crippen molar-refractivity contribution in [1.29, 1.82) is 5.26 Å². The maximum absolute atomic E-state index is 14.3. The molecule has 8 nitrogen and oxygen atoms in total. The molecule has 2 aromatic rings. The van der Waals surface area contributed by atoms with E-state index in [9.17, 15) is 28.0 Å². The normalized spacial score (nSPS) is 15.8. The van der Waals surface area contributed by atoms with Crippen molar-refractivity contribution < 1.29 is 37.0 Å². The summed E-state index contributed by atoms with van der Waals surface area (Å²) in [5.41, 5.74) is 5.47. The summed E-state index contributed by atoms with van der Waals surface area (Å²) in [4.78, 5) is 26.7. The molecule has 2 N–H and O–H groups in total. The molecule has 1 heterocycles. The van der Waals surface area contributed by atoms with Crippen molar-refractivity contribution in [3.8, 4) is 11.8 Å². The Bertz CT molecular complexity index is 1220. The van der Waals surface area contributed by atoms with E-state index in [0.717, 1.165) is 31.3 Å². The zero-order chi connectivity index (χ0) is 25.0. The van der Waals surface area contributed by atoms with Crippen LogP contribution in [0.3, 0.4) is 0 Å². The van der Waals surface area contributed by atoms with Crippen LogP contribution in [0.1, 0.15) is 11.5 Å². The number of halogens is 3. The smallest absolute Gasteiger partial charge is 0.387 e. The van der Waals surface area contributed by atoms with Gasteiger partial charge in [-0.1, -0.05) is 30.3 Å². The number of anilines is 1. The van der Waals surface area contributed by atoms with E-state index in [1.807, 2.05) is 6.07 Å². The van der Waals surface area contributed by atoms with Gasteiger partial charge in [0.15, 0.2) is 0 Å². The number of carbonyl (C=O) groups is 2. The van der Waals surface area contributed by atoms with Gasteiger partial charge in [0.05, 0.1) is 43.0 Å². The van der Waals surface area contributed by atoms with E-state index in [2.05, 4.69) is 4.74 Å². The summed E-state index contributed by atoms with van der Waals surface area (Å²) in [6, 6.07) is 12.7. The zero-order valence-electron chi connectivity index (χ0n) is 17.9. The molecule has 176 valence electrons. The topological polar surface area (TPSA) is 115 Å². The average molecular weight is 473 g/mol. The lowest BCUT2D eigenvalue weighted by Crippen LogP contribution is -2.40. The van der Waals surface area contributed by atoms with Gasteiger partial charge in [-0.25, -0.2) is 14.0 Å². The molecule has 0 amide bonds. The van der Waals surface area contributed by atoms with Crippen molar-refractivity contribution in [2.75, 3.05) is 19.1 Å². The summed E-state index contributed by atoms with van der Waals surface area (Å²) >= 11 is 0. The number of rotatable bonds is 6. The SMILES string of the molecule is COC(=O)C1=C(C(=O)OC)N(c2cc(F)cc(OC(F)F)c2)C(N)=C(C#N)C1c1ccccc1. The molecule has 0 fully saturated rings. The van der Waals surface area contributed by atoms with E-state index < -0.39 is 41.7 Å². The summed E-state index contributed by atoms with van der Waals surface area (Å²) in [6.07, 6.45) is 0. The highest BCUT2D eigenvalue weighted by atomic mass is 19.3. The van der Waals surface area contributed by atoms with E-state index >= 15 is 0 Å². The quantitative estimate of drug-likeness (QED) is 0.636. The number of nitrogens with two attached hydrogens (primary N) is 1. The van der Waals surface area contributed by atoms with Crippen LogP contribution in [0.4, 0.5) is 18.9 Å². The first-order chi connectivity index (χ1) is 16.2. The lowest BCUT2D eigenvalue weighted by Gasteiger charge is -2.36. The highest BCUT2D eigenvalue weighted by Gasteiger charge is 2.43. The fourth-order valence-corrected chi connectivity index (χ4v) is 3.63. The van der Waals surface area contributed by atoms with Crippen LogP contribution in [0, 0.1) is 17.1 Å². The number of ether oxygens (including phenoxy) is 3. The molecule has 1 aliphatic rings. The summed E-state index contributed by atoms with van der Waals surface area (Å²) in [5, 5.41) is 9.94. The predicted molar refractivity (Wildman–Crippen MR) is 113 cm³/mol. The Morgan fingerprint density at radius 1 is 1.09 bits per heavy atom. The fourth-order valence-electron chi connectivity index (χ4n) is 3.63. The highest BCUT2D eigenvalue weighted by Crippen LogP contribution is 2.43. The Kier molecular flexibility index (Phi) is 7.11. The summed E-state index contributed by atoms with van der Waals surface area (Å²) in [7, 11) is 2.11. The van der Waals surface area contributed by atoms with Crippen molar-refractivity contribution >= 4 is 17.6 Å². The van der Waals surface area contributed by atoms with Gasteiger partial charge in [-0.05, 0) is 11.6 Å². The van der Waals surface area contributed by atoms with E-state index in [0.29, 0.717) is 11.6 Å². The number of hydrogen-bond acceptors (Lipinski definition) is 8. The van der Waals surface area contributed by atoms with Gasteiger partial charge in [-0.15, -0.1) is 0 Å². The minimum atomic E-state index is -3.26. The molecule has 1 atom stereocenters. The molecular formula is C23H18F3N3O5. The number of esters is 2. The van der Waals surface area contributed by atoms with Gasteiger partial charge in [0.1, 0.15) is 23.1 Å². The van der Waals surface area contributed by atoms with Gasteiger partial charge in [-0.2, -0.15) is 14.0 Å². The van der Waals surface area contributed by atoms with Gasteiger partial charge in [-0.3, -0.25) is 4.90 Å². The molecular weight excluding hydrogens is 455 g/mol. The van der Waals surface area contributed by atoms with Gasteiger partial charge in [0.2, 0.25) is 0 Å². The highest BCUT2D eigenvalue weighted by molar-refractivity contribution is 6.06. The van der Waals surface area contributed by atoms with Crippen molar-refractivity contribution in [2.45, 2.75) is 12.5 Å². The molecule has 2 aromatic carbocycles. The van der Waals surface area contributed by atoms with Crippen LogP contribution < -0.4 is 15.4 Å². The second-order valence-electron chi connectivity index (χ2n) is 6.86. The Morgan fingerprint density at radius 2 is 1.74 bits per heavy atom. The zero-order valence-corrected chi connectivity index (χ0v) is 17.9. The monoisotopic (exact) mass is 473 g/mol. The van der Waals surface area contributed by atoms with Crippen molar-refractivity contribution in [3.63, 3.8) is 0 Å². The largest absolute Gasteiger partial charge is 0.466 e. The lowest BCUT2D eigenvalue weighted by atomic mass is 9.81. The Balaban J connectivity index is 2.39. The first-order valence-corrected chi connectivity index (χ1v) is 9.64. The lowest BCUT2D eigenvalue weighted by molar-refractivity contribution is -0.139. The Hall–Kier alpha value is -4.46. The third-order valence-electron chi connectivity index (χ3n) is 4.95. The van der Waals surface area contributed by atoms with Crippen molar-refractivity contribution in [1.82, 2.24) is 0 Å². The number of nitriles is 1. The molecule has 34 heavy (non-hydrogen) atoms. The Morgan fingerprint density at radius 3 is 2.29 bits per heavy atom. The van der Waals surface area contributed by atoms with Crippen molar-refractivity contribution in [2.24, 2.45) is 5.73 Å². The first-order valence-electron chi connectivity index (χ1n) is 9.64. The standard InChI is InChI=1S/C23H18F3N3O5/c1-32-21(30)18-17(12-6-4-3-5-7-12)16(11-27)20(28)29(19(18)22(31)33-2)14-8-13(24)9-15(10-14)34-23(25)26/h3-10,17,23H,28H2,1-2H3. The van der Waals surface area contributed by atoms with Gasteiger partial charge in [0.25, 0.3) is 0 Å². The van der Waals surface area contributed by atoms with Crippen molar-refractivity contribution in [3.05, 3.63) is 82.6 Å². The second kappa shape index (κ2) is 9.99. The maximum atomic E-state index is 14.3. The van der Waals surface area contributed by atoms with Crippen LogP contribution in [-0.2, 0) is 19.1 Å². The second-order valence-corrected chi connectivity index (χ2v) is 6.86. The minimum Gasteiger partial charge on any atom is -0.466 e. The first kappa shape index (κ1) is 24.2. The molecule has 0 aromatic heterocycles. The number of nitrogens with zero attached hydrogens (tertiary/aromatic N) is 2. The van der Waals surface area contributed by atoms with E-state index in [4.69, 9.17) is 15.2 Å². The molecule has 0 aliphatic carbocycles. The minimum absolute atomic E-state index is 0.167. The van der Waals surface area contributed by atoms with Gasteiger partial charge >= 0.3 is 18.6 Å². The molecule has 0 bridgehead atoms. The Labute approximate surface area is 192 Å². The number of methoxy groups -OCH3 is 2. The van der Waals surface area contributed by atoms with Crippen LogP contribution >= 0.6 is 0 Å². The van der Waals surface area contributed by atoms with Gasteiger partial charge in [0, 0.05) is 12.1 Å². The summed E-state index contributed by atoms with van der Waals surface area (Å²) in [5.74, 6) is -5.12. The van der Waals surface area contributed by atoms with E-state index in [1.54, 1.807) is 30.3 Å². The number of carbonyl (C=O) groups excluding carboxylic acids is 2. The molecule has 0 saturated carbocycles. The number of benzene rings is 2. The average Bonchev–Trinajstić information content (AvgIpc) is 2.81. The molecule has 11 heteroatoms. The van der Waals surface area contributed by atoms with Crippen LogP contribution in [-0.4, -0.2) is 32.8 Å². The molecule has 0 radical (unpaired) electrons. The molecule has 0 spiro atoms. The number of hydrogen-bond donors (Lipinski definition) is 1. The van der Waals surface area contributed by atoms with Crippen LogP contribution in [0.2, 0.25) is 0 Å². The van der Waals surface area contributed by atoms with Crippen LogP contribution in [0.5, 0.6) is 5.75 Å². The van der Waals surface area contributed by atoms with E-state index in [-0.39, 0.29) is 22.7 Å².